The largest absolute Gasteiger partial charge is 0.481 e. The van der Waals surface area contributed by atoms with Crippen molar-refractivity contribution in [2.75, 3.05) is 19.3 Å². The maximum atomic E-state index is 12.5. The standard InChI is InChI=1S/C12H19NO5S/c1-19(17,18)12(5-2-3-6-12)11(16)13-7-4-9(8-13)10(14)15/h9H,2-8H2,1H3,(H,14,15). The third-order valence-electron chi connectivity index (χ3n) is 4.34. The Labute approximate surface area is 112 Å². The summed E-state index contributed by atoms with van der Waals surface area (Å²) in [5.74, 6) is -1.88. The van der Waals surface area contributed by atoms with Gasteiger partial charge in [-0.25, -0.2) is 8.42 Å². The molecule has 1 aliphatic carbocycles. The highest BCUT2D eigenvalue weighted by Gasteiger charge is 2.52. The molecule has 2 rings (SSSR count). The molecular weight excluding hydrogens is 270 g/mol. The van der Waals surface area contributed by atoms with Crippen molar-refractivity contribution in [2.24, 2.45) is 5.92 Å². The summed E-state index contributed by atoms with van der Waals surface area (Å²) in [7, 11) is -3.48. The molecule has 19 heavy (non-hydrogen) atoms. The highest BCUT2D eigenvalue weighted by atomic mass is 32.2. The molecule has 0 bridgehead atoms. The summed E-state index contributed by atoms with van der Waals surface area (Å²) < 4.78 is 22.7. The summed E-state index contributed by atoms with van der Waals surface area (Å²) in [6.07, 6.45) is 3.70. The van der Waals surface area contributed by atoms with Crippen LogP contribution in [0.4, 0.5) is 0 Å². The Balaban J connectivity index is 2.21. The molecule has 0 radical (unpaired) electrons. The van der Waals surface area contributed by atoms with E-state index >= 15 is 0 Å². The lowest BCUT2D eigenvalue weighted by atomic mass is 10.1. The molecule has 2 aliphatic rings. The van der Waals surface area contributed by atoms with Gasteiger partial charge in [0.2, 0.25) is 5.91 Å². The van der Waals surface area contributed by atoms with Crippen molar-refractivity contribution in [1.82, 2.24) is 4.90 Å². The number of amides is 1. The van der Waals surface area contributed by atoms with Gasteiger partial charge < -0.3 is 10.0 Å². The van der Waals surface area contributed by atoms with E-state index in [1.54, 1.807) is 0 Å². The van der Waals surface area contributed by atoms with Crippen LogP contribution in [-0.4, -0.2) is 54.4 Å². The number of rotatable bonds is 3. The van der Waals surface area contributed by atoms with Gasteiger partial charge in [-0.15, -0.1) is 0 Å². The molecule has 1 N–H and O–H groups in total. The second-order valence-electron chi connectivity index (χ2n) is 5.55. The second kappa shape index (κ2) is 4.77. The molecule has 0 aromatic carbocycles. The minimum Gasteiger partial charge on any atom is -0.481 e. The van der Waals surface area contributed by atoms with Crippen molar-refractivity contribution in [3.63, 3.8) is 0 Å². The second-order valence-corrected chi connectivity index (χ2v) is 7.87. The molecule has 0 aromatic heterocycles. The molecule has 1 saturated heterocycles. The van der Waals surface area contributed by atoms with Gasteiger partial charge in [0.15, 0.2) is 14.6 Å². The molecule has 2 fully saturated rings. The number of likely N-dealkylation sites (tertiary alicyclic amines) is 1. The quantitative estimate of drug-likeness (QED) is 0.805. The topological polar surface area (TPSA) is 91.8 Å². The summed E-state index contributed by atoms with van der Waals surface area (Å²) in [5, 5.41) is 8.95. The van der Waals surface area contributed by atoms with Crippen molar-refractivity contribution >= 4 is 21.7 Å². The Hall–Kier alpha value is -1.11. The zero-order valence-corrected chi connectivity index (χ0v) is 11.8. The van der Waals surface area contributed by atoms with Gasteiger partial charge in [-0.05, 0) is 19.3 Å². The molecule has 1 amide bonds. The predicted octanol–water partition coefficient (Wildman–Crippen LogP) is 0.277. The number of carbonyl (C=O) groups is 2. The molecule has 6 nitrogen and oxygen atoms in total. The maximum absolute atomic E-state index is 12.5. The molecule has 1 heterocycles. The molecule has 1 aliphatic heterocycles. The first-order valence-corrected chi connectivity index (χ1v) is 8.39. The van der Waals surface area contributed by atoms with E-state index in [2.05, 4.69) is 0 Å². The summed E-state index contributed by atoms with van der Waals surface area (Å²) in [4.78, 5) is 24.9. The number of nitrogens with zero attached hydrogens (tertiary/aromatic N) is 1. The highest BCUT2D eigenvalue weighted by molar-refractivity contribution is 7.92. The number of carbonyl (C=O) groups excluding carboxylic acids is 1. The van der Waals surface area contributed by atoms with Gasteiger partial charge in [-0.2, -0.15) is 0 Å². The molecular formula is C12H19NO5S. The van der Waals surface area contributed by atoms with Crippen molar-refractivity contribution < 1.29 is 23.1 Å². The van der Waals surface area contributed by atoms with Gasteiger partial charge in [0, 0.05) is 19.3 Å². The average Bonchev–Trinajstić information content (AvgIpc) is 2.97. The van der Waals surface area contributed by atoms with E-state index in [1.807, 2.05) is 0 Å². The zero-order valence-electron chi connectivity index (χ0n) is 11.0. The zero-order chi connectivity index (χ0) is 14.3. The molecule has 1 atom stereocenters. The van der Waals surface area contributed by atoms with Crippen LogP contribution in [0.15, 0.2) is 0 Å². The first kappa shape index (κ1) is 14.3. The van der Waals surface area contributed by atoms with Crippen molar-refractivity contribution in [2.45, 2.75) is 36.9 Å². The van der Waals surface area contributed by atoms with Crippen LogP contribution in [0.1, 0.15) is 32.1 Å². The number of hydrogen-bond donors (Lipinski definition) is 1. The Bertz CT molecular complexity index is 492. The predicted molar refractivity (Wildman–Crippen MR) is 68.4 cm³/mol. The van der Waals surface area contributed by atoms with Gasteiger partial charge in [0.25, 0.3) is 0 Å². The summed E-state index contributed by atoms with van der Waals surface area (Å²) in [6.45, 7) is 0.471. The molecule has 7 heteroatoms. The van der Waals surface area contributed by atoms with E-state index in [4.69, 9.17) is 5.11 Å². The lowest BCUT2D eigenvalue weighted by Crippen LogP contribution is -2.51. The third-order valence-corrected chi connectivity index (χ3v) is 6.34. The molecule has 0 aromatic rings. The monoisotopic (exact) mass is 289 g/mol. The summed E-state index contributed by atoms with van der Waals surface area (Å²) in [6, 6.07) is 0. The van der Waals surface area contributed by atoms with E-state index < -0.39 is 32.4 Å². The minimum absolute atomic E-state index is 0.130. The molecule has 1 saturated carbocycles. The smallest absolute Gasteiger partial charge is 0.308 e. The van der Waals surface area contributed by atoms with Crippen molar-refractivity contribution in [1.29, 1.82) is 0 Å². The van der Waals surface area contributed by atoms with Crippen LogP contribution in [-0.2, 0) is 19.4 Å². The normalized spacial score (nSPS) is 26.6. The summed E-state index contributed by atoms with van der Waals surface area (Å²) in [5.41, 5.74) is 0. The molecule has 0 spiro atoms. The van der Waals surface area contributed by atoms with Crippen LogP contribution in [0.5, 0.6) is 0 Å². The number of hydrogen-bond acceptors (Lipinski definition) is 4. The molecule has 1 unspecified atom stereocenters. The van der Waals surface area contributed by atoms with Crippen LogP contribution < -0.4 is 0 Å². The first-order chi connectivity index (χ1) is 8.78. The Morgan fingerprint density at radius 3 is 2.26 bits per heavy atom. The van der Waals surface area contributed by atoms with E-state index in [0.29, 0.717) is 25.8 Å². The molecule has 108 valence electrons. The average molecular weight is 289 g/mol. The lowest BCUT2D eigenvalue weighted by Gasteiger charge is -2.30. The lowest BCUT2D eigenvalue weighted by molar-refractivity contribution is -0.141. The van der Waals surface area contributed by atoms with Crippen molar-refractivity contribution in [3.8, 4) is 0 Å². The SMILES string of the molecule is CS(=O)(=O)C1(C(=O)N2CCC(C(=O)O)C2)CCCC1. The first-order valence-electron chi connectivity index (χ1n) is 6.50. The fraction of sp³-hybridized carbons (Fsp3) is 0.833. The van der Waals surface area contributed by atoms with Crippen LogP contribution in [0.25, 0.3) is 0 Å². The van der Waals surface area contributed by atoms with Gasteiger partial charge in [-0.3, -0.25) is 9.59 Å². The number of carboxylic acids is 1. The van der Waals surface area contributed by atoms with Crippen LogP contribution in [0, 0.1) is 5.92 Å². The fourth-order valence-corrected chi connectivity index (χ4v) is 4.60. The number of aliphatic carboxylic acids is 1. The Morgan fingerprint density at radius 2 is 1.84 bits per heavy atom. The van der Waals surface area contributed by atoms with Gasteiger partial charge >= 0.3 is 5.97 Å². The summed E-state index contributed by atoms with van der Waals surface area (Å²) >= 11 is 0. The van der Waals surface area contributed by atoms with Crippen LogP contribution >= 0.6 is 0 Å². The highest BCUT2D eigenvalue weighted by Crippen LogP contribution is 2.39. The van der Waals surface area contributed by atoms with Gasteiger partial charge in [0.1, 0.15) is 0 Å². The van der Waals surface area contributed by atoms with Gasteiger partial charge in [0.05, 0.1) is 5.92 Å². The maximum Gasteiger partial charge on any atom is 0.308 e. The van der Waals surface area contributed by atoms with E-state index in [1.165, 1.54) is 4.90 Å². The minimum atomic E-state index is -3.48. The van der Waals surface area contributed by atoms with E-state index in [0.717, 1.165) is 19.1 Å². The third kappa shape index (κ3) is 2.35. The Morgan fingerprint density at radius 1 is 1.26 bits per heavy atom. The van der Waals surface area contributed by atoms with Crippen LogP contribution in [0.2, 0.25) is 0 Å². The fourth-order valence-electron chi connectivity index (χ4n) is 3.12. The number of carboxylic acid groups (broad SMARTS) is 1. The van der Waals surface area contributed by atoms with Crippen LogP contribution in [0.3, 0.4) is 0 Å². The van der Waals surface area contributed by atoms with Crippen molar-refractivity contribution in [3.05, 3.63) is 0 Å². The van der Waals surface area contributed by atoms with E-state index in [-0.39, 0.29) is 6.54 Å². The van der Waals surface area contributed by atoms with E-state index in [9.17, 15) is 18.0 Å². The number of sulfone groups is 1. The van der Waals surface area contributed by atoms with Gasteiger partial charge in [-0.1, -0.05) is 12.8 Å². The Kier molecular flexibility index (Phi) is 3.59.